The minimum atomic E-state index is -3.88. The second-order valence-corrected chi connectivity index (χ2v) is 6.56. The van der Waals surface area contributed by atoms with Gasteiger partial charge in [0.1, 0.15) is 11.3 Å². The van der Waals surface area contributed by atoms with E-state index < -0.39 is 28.0 Å². The lowest BCUT2D eigenvalue weighted by atomic mass is 10.2. The highest BCUT2D eigenvalue weighted by molar-refractivity contribution is 7.89. The third-order valence-corrected chi connectivity index (χ3v) is 4.07. The molecule has 3 N–H and O–H groups in total. The predicted molar refractivity (Wildman–Crippen MR) is 84.8 cm³/mol. The maximum Gasteiger partial charge on any atom is 0.342 e. The highest BCUT2D eigenvalue weighted by Gasteiger charge is 2.21. The molecule has 0 saturated heterocycles. The van der Waals surface area contributed by atoms with Crippen LogP contribution < -0.4 is 10.5 Å². The Kier molecular flexibility index (Phi) is 5.05. The number of esters is 1. The zero-order chi connectivity index (χ0) is 17.9. The van der Waals surface area contributed by atoms with Crippen molar-refractivity contribution in [3.8, 4) is 0 Å². The van der Waals surface area contributed by atoms with Crippen LogP contribution in [0.5, 0.6) is 0 Å². The van der Waals surface area contributed by atoms with Crippen LogP contribution in [0.3, 0.4) is 0 Å². The van der Waals surface area contributed by atoms with E-state index in [1.54, 1.807) is 6.92 Å². The van der Waals surface area contributed by atoms with Gasteiger partial charge in [0, 0.05) is 5.69 Å². The van der Waals surface area contributed by atoms with Crippen LogP contribution in [0.2, 0.25) is 0 Å². The minimum Gasteiger partial charge on any atom is -0.469 e. The molecular formula is C15H16N2O6S. The summed E-state index contributed by atoms with van der Waals surface area (Å²) in [4.78, 5) is 23.9. The molecule has 8 nitrogen and oxygen atoms in total. The van der Waals surface area contributed by atoms with E-state index in [-0.39, 0.29) is 16.1 Å². The number of hydrogen-bond acceptors (Lipinski definition) is 6. The minimum absolute atomic E-state index is 0.140. The standard InChI is InChI=1S/C15H16N2O6S/c1-9-13(6-7-22-9)15(19)23-10(2)14(18)17-11-4-3-5-12(8-11)24(16,20)21/h3-8,10H,1-2H3,(H,17,18)(H2,16,20,21)/t10-/m1/s1. The Bertz CT molecular complexity index is 872. The molecular weight excluding hydrogens is 336 g/mol. The van der Waals surface area contributed by atoms with E-state index in [2.05, 4.69) is 5.32 Å². The zero-order valence-electron chi connectivity index (χ0n) is 13.0. The monoisotopic (exact) mass is 352 g/mol. The Hall–Kier alpha value is -2.65. The molecule has 1 aromatic carbocycles. The topological polar surface area (TPSA) is 129 Å². The predicted octanol–water partition coefficient (Wildman–Crippen LogP) is 1.42. The molecule has 24 heavy (non-hydrogen) atoms. The van der Waals surface area contributed by atoms with Crippen LogP contribution in [0.1, 0.15) is 23.0 Å². The van der Waals surface area contributed by atoms with Crippen molar-refractivity contribution >= 4 is 27.6 Å². The molecule has 0 spiro atoms. The number of aryl methyl sites for hydroxylation is 1. The van der Waals surface area contributed by atoms with Gasteiger partial charge in [0.25, 0.3) is 5.91 Å². The molecule has 0 saturated carbocycles. The van der Waals surface area contributed by atoms with Gasteiger partial charge in [-0.25, -0.2) is 18.4 Å². The maximum atomic E-state index is 12.1. The van der Waals surface area contributed by atoms with Gasteiger partial charge in [0.05, 0.1) is 11.2 Å². The van der Waals surface area contributed by atoms with Gasteiger partial charge in [-0.05, 0) is 38.1 Å². The molecule has 0 aliphatic rings. The number of hydrogen-bond donors (Lipinski definition) is 2. The van der Waals surface area contributed by atoms with Crippen LogP contribution in [-0.4, -0.2) is 26.4 Å². The van der Waals surface area contributed by atoms with Crippen LogP contribution in [0, 0.1) is 6.92 Å². The van der Waals surface area contributed by atoms with Gasteiger partial charge >= 0.3 is 5.97 Å². The van der Waals surface area contributed by atoms with Gasteiger partial charge in [0.15, 0.2) is 6.10 Å². The summed E-state index contributed by atoms with van der Waals surface area (Å²) in [5, 5.41) is 7.49. The van der Waals surface area contributed by atoms with Gasteiger partial charge in [-0.1, -0.05) is 6.07 Å². The van der Waals surface area contributed by atoms with Crippen LogP contribution >= 0.6 is 0 Å². The molecule has 2 rings (SSSR count). The van der Waals surface area contributed by atoms with Gasteiger partial charge in [0.2, 0.25) is 10.0 Å². The highest BCUT2D eigenvalue weighted by atomic mass is 32.2. The van der Waals surface area contributed by atoms with Crippen molar-refractivity contribution in [2.24, 2.45) is 5.14 Å². The largest absolute Gasteiger partial charge is 0.469 e. The fourth-order valence-corrected chi connectivity index (χ4v) is 2.43. The molecule has 9 heteroatoms. The van der Waals surface area contributed by atoms with E-state index in [1.807, 2.05) is 0 Å². The summed E-state index contributed by atoms with van der Waals surface area (Å²) in [6.07, 6.45) is 0.250. The Labute approximate surface area is 138 Å². The van der Waals surface area contributed by atoms with Crippen molar-refractivity contribution in [2.45, 2.75) is 24.8 Å². The summed E-state index contributed by atoms with van der Waals surface area (Å²) in [6.45, 7) is 2.99. The van der Waals surface area contributed by atoms with Crippen LogP contribution in [0.25, 0.3) is 0 Å². The number of sulfonamides is 1. The molecule has 1 amide bonds. The first-order chi connectivity index (χ1) is 11.2. The highest BCUT2D eigenvalue weighted by Crippen LogP contribution is 2.15. The number of primary sulfonamides is 1. The molecule has 1 aromatic heterocycles. The fourth-order valence-electron chi connectivity index (χ4n) is 1.87. The zero-order valence-corrected chi connectivity index (χ0v) is 13.8. The van der Waals surface area contributed by atoms with Crippen molar-refractivity contribution in [3.63, 3.8) is 0 Å². The molecule has 2 aromatic rings. The Morgan fingerprint density at radius 1 is 1.29 bits per heavy atom. The molecule has 0 aliphatic carbocycles. The lowest BCUT2D eigenvalue weighted by Gasteiger charge is -2.13. The van der Waals surface area contributed by atoms with E-state index in [0.29, 0.717) is 5.76 Å². The number of furan rings is 1. The number of carbonyl (C=O) groups excluding carboxylic acids is 2. The van der Waals surface area contributed by atoms with E-state index in [4.69, 9.17) is 14.3 Å². The number of ether oxygens (including phenoxy) is 1. The summed E-state index contributed by atoms with van der Waals surface area (Å²) in [5.74, 6) is -0.924. The molecule has 1 heterocycles. The molecule has 0 unspecified atom stereocenters. The molecule has 0 fully saturated rings. The number of benzene rings is 1. The van der Waals surface area contributed by atoms with Crippen LogP contribution in [0.4, 0.5) is 5.69 Å². The lowest BCUT2D eigenvalue weighted by molar-refractivity contribution is -0.123. The van der Waals surface area contributed by atoms with Gasteiger partial charge in [-0.2, -0.15) is 0 Å². The van der Waals surface area contributed by atoms with Gasteiger partial charge in [-0.15, -0.1) is 0 Å². The third-order valence-electron chi connectivity index (χ3n) is 3.16. The van der Waals surface area contributed by atoms with Crippen molar-refractivity contribution in [1.82, 2.24) is 0 Å². The number of anilines is 1. The summed E-state index contributed by atoms with van der Waals surface area (Å²) in [7, 11) is -3.88. The van der Waals surface area contributed by atoms with E-state index in [0.717, 1.165) is 0 Å². The quantitative estimate of drug-likeness (QED) is 0.783. The molecule has 128 valence electrons. The van der Waals surface area contributed by atoms with Gasteiger partial charge in [-0.3, -0.25) is 4.79 Å². The molecule has 0 bridgehead atoms. The smallest absolute Gasteiger partial charge is 0.342 e. The Balaban J connectivity index is 2.04. The lowest BCUT2D eigenvalue weighted by Crippen LogP contribution is -2.30. The molecule has 1 atom stereocenters. The summed E-state index contributed by atoms with van der Waals surface area (Å²) in [5.41, 5.74) is 0.444. The molecule has 0 aliphatic heterocycles. The fraction of sp³-hybridized carbons (Fsp3) is 0.200. The van der Waals surface area contributed by atoms with E-state index in [1.165, 1.54) is 43.5 Å². The van der Waals surface area contributed by atoms with Crippen molar-refractivity contribution in [2.75, 3.05) is 5.32 Å². The van der Waals surface area contributed by atoms with Crippen molar-refractivity contribution in [1.29, 1.82) is 0 Å². The first-order valence-electron chi connectivity index (χ1n) is 6.87. The Morgan fingerprint density at radius 2 is 2.00 bits per heavy atom. The van der Waals surface area contributed by atoms with Gasteiger partial charge < -0.3 is 14.5 Å². The van der Waals surface area contributed by atoms with E-state index >= 15 is 0 Å². The molecule has 0 radical (unpaired) electrons. The Morgan fingerprint density at radius 3 is 2.58 bits per heavy atom. The first kappa shape index (κ1) is 17.7. The van der Waals surface area contributed by atoms with Crippen molar-refractivity contribution in [3.05, 3.63) is 47.9 Å². The SMILES string of the molecule is Cc1occc1C(=O)O[C@H](C)C(=O)Nc1cccc(S(N)(=O)=O)c1. The van der Waals surface area contributed by atoms with Crippen LogP contribution in [-0.2, 0) is 19.6 Å². The summed E-state index contributed by atoms with van der Waals surface area (Å²) in [6, 6.07) is 6.87. The second kappa shape index (κ2) is 6.85. The number of carbonyl (C=O) groups is 2. The normalized spacial score (nSPS) is 12.5. The number of rotatable bonds is 5. The average Bonchev–Trinajstić information content (AvgIpc) is 2.92. The summed E-state index contributed by atoms with van der Waals surface area (Å²) >= 11 is 0. The number of amides is 1. The van der Waals surface area contributed by atoms with Crippen molar-refractivity contribution < 1.29 is 27.2 Å². The maximum absolute atomic E-state index is 12.1. The second-order valence-electron chi connectivity index (χ2n) is 5.00. The van der Waals surface area contributed by atoms with Crippen LogP contribution in [0.15, 0.2) is 45.9 Å². The van der Waals surface area contributed by atoms with E-state index in [9.17, 15) is 18.0 Å². The number of nitrogens with two attached hydrogens (primary N) is 1. The average molecular weight is 352 g/mol. The number of nitrogens with one attached hydrogen (secondary N) is 1. The summed E-state index contributed by atoms with van der Waals surface area (Å²) < 4.78 is 32.7. The third kappa shape index (κ3) is 4.21. The first-order valence-corrected chi connectivity index (χ1v) is 8.42.